The van der Waals surface area contributed by atoms with Gasteiger partial charge in [0.05, 0.1) is 23.1 Å². The van der Waals surface area contributed by atoms with Crippen molar-refractivity contribution < 1.29 is 26.8 Å². The number of aromatic amines is 1. The van der Waals surface area contributed by atoms with Gasteiger partial charge in [-0.2, -0.15) is 4.98 Å². The quantitative estimate of drug-likeness (QED) is 0.183. The number of hydrogen-bond acceptors (Lipinski definition) is 8. The Kier molecular flexibility index (Phi) is 8.39. The van der Waals surface area contributed by atoms with Gasteiger partial charge in [-0.1, -0.05) is 29.4 Å². The monoisotopic (exact) mass is 630 g/mol. The number of pyridine rings is 1. The van der Waals surface area contributed by atoms with E-state index in [1.54, 1.807) is 54.7 Å². The standard InChI is InChI=1S/C32H28F2N6O4S/c33-26-8-6-20(14-27(26)34)15-30-38-32(39-44-30)21-7-9-29(45(42,43)40(13-11-35)25-4-2-1-3-5-25)23(16-21)18-28(41)24-17-22-10-12-36-31(22)37-19-24/h1-10,12,14,16-17,19,28,41H,11,13,15,18,35H2,(H,36,37). The summed E-state index contributed by atoms with van der Waals surface area (Å²) < 4.78 is 62.0. The number of nitrogens with zero attached hydrogens (tertiary/aromatic N) is 4. The second-order valence-corrected chi connectivity index (χ2v) is 12.2. The van der Waals surface area contributed by atoms with Gasteiger partial charge in [0, 0.05) is 42.9 Å². The van der Waals surface area contributed by atoms with Gasteiger partial charge in [0.1, 0.15) is 5.65 Å². The van der Waals surface area contributed by atoms with Crippen molar-refractivity contribution in [2.45, 2.75) is 23.8 Å². The molecule has 0 spiro atoms. The molecule has 4 N–H and O–H groups in total. The van der Waals surface area contributed by atoms with Crippen LogP contribution in [-0.4, -0.2) is 46.7 Å². The van der Waals surface area contributed by atoms with E-state index in [1.165, 1.54) is 22.6 Å². The first kappa shape index (κ1) is 30.1. The number of nitrogens with two attached hydrogens (primary N) is 1. The van der Waals surface area contributed by atoms with Gasteiger partial charge >= 0.3 is 0 Å². The fourth-order valence-electron chi connectivity index (χ4n) is 5.08. The van der Waals surface area contributed by atoms with E-state index >= 15 is 0 Å². The van der Waals surface area contributed by atoms with Gasteiger partial charge in [0.15, 0.2) is 11.6 Å². The molecule has 0 aliphatic heterocycles. The Morgan fingerprint density at radius 1 is 1.00 bits per heavy atom. The maximum Gasteiger partial charge on any atom is 0.264 e. The fourth-order valence-corrected chi connectivity index (χ4v) is 6.78. The largest absolute Gasteiger partial charge is 0.388 e. The molecular formula is C32H28F2N6O4S. The number of para-hydroxylation sites is 1. The van der Waals surface area contributed by atoms with Crippen LogP contribution in [0.4, 0.5) is 14.5 Å². The summed E-state index contributed by atoms with van der Waals surface area (Å²) >= 11 is 0. The molecule has 0 aliphatic carbocycles. The van der Waals surface area contributed by atoms with Crippen LogP contribution in [0.3, 0.4) is 0 Å². The highest BCUT2D eigenvalue weighted by atomic mass is 32.2. The maximum absolute atomic E-state index is 14.2. The minimum atomic E-state index is -4.15. The van der Waals surface area contributed by atoms with E-state index in [0.29, 0.717) is 33.6 Å². The third kappa shape index (κ3) is 6.32. The third-order valence-electron chi connectivity index (χ3n) is 7.29. The van der Waals surface area contributed by atoms with E-state index in [-0.39, 0.29) is 42.5 Å². The molecule has 1 unspecified atom stereocenters. The van der Waals surface area contributed by atoms with Gasteiger partial charge in [-0.05, 0) is 71.3 Å². The molecule has 0 amide bonds. The number of sulfonamides is 1. The molecule has 10 nitrogen and oxygen atoms in total. The average Bonchev–Trinajstić information content (AvgIpc) is 3.71. The highest BCUT2D eigenvalue weighted by Crippen LogP contribution is 2.32. The summed E-state index contributed by atoms with van der Waals surface area (Å²) in [6.45, 7) is 0.110. The molecule has 0 saturated carbocycles. The molecule has 3 aromatic carbocycles. The summed E-state index contributed by atoms with van der Waals surface area (Å²) in [5.41, 5.74) is 8.60. The molecule has 0 aliphatic rings. The van der Waals surface area contributed by atoms with Gasteiger partial charge in [-0.3, -0.25) is 4.31 Å². The van der Waals surface area contributed by atoms with E-state index in [9.17, 15) is 22.3 Å². The first-order valence-corrected chi connectivity index (χ1v) is 15.5. The predicted octanol–water partition coefficient (Wildman–Crippen LogP) is 4.91. The van der Waals surface area contributed by atoms with Crippen molar-refractivity contribution in [2.75, 3.05) is 17.4 Å². The molecule has 230 valence electrons. The zero-order valence-corrected chi connectivity index (χ0v) is 24.6. The van der Waals surface area contributed by atoms with Gasteiger partial charge in [-0.25, -0.2) is 22.2 Å². The van der Waals surface area contributed by atoms with Crippen LogP contribution in [0.2, 0.25) is 0 Å². The van der Waals surface area contributed by atoms with E-state index < -0.39 is 27.8 Å². The number of rotatable bonds is 11. The lowest BCUT2D eigenvalue weighted by Gasteiger charge is -2.26. The van der Waals surface area contributed by atoms with Crippen LogP contribution < -0.4 is 10.0 Å². The third-order valence-corrected chi connectivity index (χ3v) is 9.22. The Morgan fingerprint density at radius 2 is 1.82 bits per heavy atom. The Balaban J connectivity index is 1.38. The lowest BCUT2D eigenvalue weighted by Crippen LogP contribution is -2.36. The summed E-state index contributed by atoms with van der Waals surface area (Å²) in [7, 11) is -4.15. The Labute approximate surface area is 257 Å². The van der Waals surface area contributed by atoms with Gasteiger partial charge in [0.2, 0.25) is 11.7 Å². The van der Waals surface area contributed by atoms with Gasteiger partial charge in [-0.15, -0.1) is 0 Å². The Bertz CT molecular complexity index is 2070. The topological polar surface area (TPSA) is 151 Å². The van der Waals surface area contributed by atoms with E-state index in [4.69, 9.17) is 10.3 Å². The minimum absolute atomic E-state index is 0.0243. The fraction of sp³-hybridized carbons (Fsp3) is 0.156. The molecule has 3 aromatic heterocycles. The Morgan fingerprint density at radius 3 is 2.60 bits per heavy atom. The van der Waals surface area contributed by atoms with Crippen LogP contribution in [0.1, 0.15) is 28.7 Å². The van der Waals surface area contributed by atoms with Crippen molar-refractivity contribution in [1.29, 1.82) is 0 Å². The summed E-state index contributed by atoms with van der Waals surface area (Å²) in [5, 5.41) is 16.1. The Hall–Kier alpha value is -4.98. The first-order chi connectivity index (χ1) is 21.7. The number of nitrogens with one attached hydrogen (secondary N) is 1. The number of anilines is 1. The molecule has 1 atom stereocenters. The molecule has 13 heteroatoms. The van der Waals surface area contributed by atoms with Crippen LogP contribution in [-0.2, 0) is 22.9 Å². The molecule has 0 saturated heterocycles. The zero-order chi connectivity index (χ0) is 31.6. The number of hydrogen-bond donors (Lipinski definition) is 3. The molecule has 3 heterocycles. The second-order valence-electron chi connectivity index (χ2n) is 10.4. The van der Waals surface area contributed by atoms with Crippen molar-refractivity contribution in [3.05, 3.63) is 125 Å². The van der Waals surface area contributed by atoms with Crippen LogP contribution in [0.25, 0.3) is 22.4 Å². The van der Waals surface area contributed by atoms with Crippen LogP contribution in [0.5, 0.6) is 0 Å². The van der Waals surface area contributed by atoms with Crippen molar-refractivity contribution in [2.24, 2.45) is 5.73 Å². The van der Waals surface area contributed by atoms with E-state index in [2.05, 4.69) is 20.1 Å². The SMILES string of the molecule is NCCN(c1ccccc1)S(=O)(=O)c1ccc(-c2noc(Cc3ccc(F)c(F)c3)n2)cc1CC(O)c1cnc2[nH]ccc2c1. The average molecular weight is 631 g/mol. The van der Waals surface area contributed by atoms with Crippen LogP contribution in [0, 0.1) is 11.6 Å². The lowest BCUT2D eigenvalue weighted by atomic mass is 10.00. The van der Waals surface area contributed by atoms with Crippen LogP contribution in [0.15, 0.2) is 101 Å². The molecular weight excluding hydrogens is 602 g/mol. The van der Waals surface area contributed by atoms with Gasteiger partial charge in [0.25, 0.3) is 10.0 Å². The number of H-pyrrole nitrogens is 1. The number of halogens is 2. The molecule has 0 radical (unpaired) electrons. The first-order valence-electron chi connectivity index (χ1n) is 14.0. The summed E-state index contributed by atoms with van der Waals surface area (Å²) in [4.78, 5) is 11.7. The molecule has 45 heavy (non-hydrogen) atoms. The highest BCUT2D eigenvalue weighted by Gasteiger charge is 2.29. The number of aliphatic hydroxyl groups excluding tert-OH is 1. The lowest BCUT2D eigenvalue weighted by molar-refractivity contribution is 0.177. The van der Waals surface area contributed by atoms with E-state index in [1.807, 2.05) is 6.07 Å². The minimum Gasteiger partial charge on any atom is -0.388 e. The molecule has 0 fully saturated rings. The van der Waals surface area contributed by atoms with Crippen molar-refractivity contribution >= 4 is 26.7 Å². The summed E-state index contributed by atoms with van der Waals surface area (Å²) in [5.74, 6) is -1.64. The van der Waals surface area contributed by atoms with E-state index in [0.717, 1.165) is 17.5 Å². The number of benzene rings is 3. The molecule has 0 bridgehead atoms. The number of aliphatic hydroxyl groups is 1. The molecule has 6 aromatic rings. The van der Waals surface area contributed by atoms with Crippen molar-refractivity contribution in [1.82, 2.24) is 20.1 Å². The second kappa shape index (κ2) is 12.6. The summed E-state index contributed by atoms with van der Waals surface area (Å²) in [6, 6.07) is 20.3. The summed E-state index contributed by atoms with van der Waals surface area (Å²) in [6.07, 6.45) is 2.15. The maximum atomic E-state index is 14.2. The number of fused-ring (bicyclic) bond motifs is 1. The van der Waals surface area contributed by atoms with Crippen molar-refractivity contribution in [3.63, 3.8) is 0 Å². The molecule has 6 rings (SSSR count). The highest BCUT2D eigenvalue weighted by molar-refractivity contribution is 7.92. The zero-order valence-electron chi connectivity index (χ0n) is 23.8. The predicted molar refractivity (Wildman–Crippen MR) is 164 cm³/mol. The normalized spacial score (nSPS) is 12.4. The van der Waals surface area contributed by atoms with Gasteiger partial charge < -0.3 is 20.3 Å². The number of aromatic nitrogens is 4. The smallest absolute Gasteiger partial charge is 0.264 e. The van der Waals surface area contributed by atoms with Crippen molar-refractivity contribution in [3.8, 4) is 11.4 Å². The van der Waals surface area contributed by atoms with Crippen LogP contribution >= 0.6 is 0 Å².